The number of rotatable bonds is 9. The van der Waals surface area contributed by atoms with Crippen LogP contribution in [0.5, 0.6) is 17.4 Å². The second-order valence-corrected chi connectivity index (χ2v) is 9.85. The van der Waals surface area contributed by atoms with E-state index in [2.05, 4.69) is 9.97 Å². The van der Waals surface area contributed by atoms with E-state index in [4.69, 9.17) is 19.2 Å². The molecule has 0 unspecified atom stereocenters. The topological polar surface area (TPSA) is 91.5 Å². The van der Waals surface area contributed by atoms with Crippen LogP contribution in [0.1, 0.15) is 56.5 Å². The number of methoxy groups -OCH3 is 1. The summed E-state index contributed by atoms with van der Waals surface area (Å²) >= 11 is 0. The van der Waals surface area contributed by atoms with Gasteiger partial charge in [-0.15, -0.1) is 0 Å². The average Bonchev–Trinajstić information content (AvgIpc) is 3.57. The Balaban J connectivity index is 1.39. The third kappa shape index (κ3) is 5.51. The molecule has 0 saturated heterocycles. The number of aromatic hydroxyl groups is 1. The number of fused-ring (bicyclic) bond motifs is 1. The van der Waals surface area contributed by atoms with Crippen LogP contribution in [0, 0.1) is 5.82 Å². The van der Waals surface area contributed by atoms with Crippen LogP contribution in [0.2, 0.25) is 0 Å². The number of hydrogen-bond donors (Lipinski definition) is 1. The van der Waals surface area contributed by atoms with Gasteiger partial charge < -0.3 is 23.9 Å². The second kappa shape index (κ2) is 10.3. The van der Waals surface area contributed by atoms with Gasteiger partial charge in [0.1, 0.15) is 17.7 Å². The Morgan fingerprint density at radius 1 is 1.03 bits per heavy atom. The van der Waals surface area contributed by atoms with Gasteiger partial charge >= 0.3 is 0 Å². The van der Waals surface area contributed by atoms with Crippen LogP contribution in [-0.2, 0) is 23.5 Å². The molecule has 194 valence electrons. The molecule has 5 rings (SSSR count). The maximum Gasteiger partial charge on any atom is 0.242 e. The standard InChI is InChI=1S/C28H31FN4O4/c1-28(2,36-16-18-8-11-20(29)12-9-18)27-31-24-25(32-27)33(17-30-26(24)34)15-19-10-13-22(35-3)23(14-19)37-21-6-4-5-7-21/h8-14,17,21,34H,4-7,15-16H2,1-3H3. The van der Waals surface area contributed by atoms with Gasteiger partial charge in [-0.3, -0.25) is 0 Å². The first-order valence-corrected chi connectivity index (χ1v) is 12.5. The molecular weight excluding hydrogens is 475 g/mol. The van der Waals surface area contributed by atoms with Crippen LogP contribution in [0.3, 0.4) is 0 Å². The highest BCUT2D eigenvalue weighted by atomic mass is 19.1. The molecule has 0 bridgehead atoms. The summed E-state index contributed by atoms with van der Waals surface area (Å²) in [4.78, 5) is 13.4. The van der Waals surface area contributed by atoms with Gasteiger partial charge in [0.05, 0.1) is 26.4 Å². The molecule has 2 heterocycles. The molecule has 0 spiro atoms. The first-order chi connectivity index (χ1) is 17.8. The van der Waals surface area contributed by atoms with E-state index in [-0.39, 0.29) is 24.4 Å². The smallest absolute Gasteiger partial charge is 0.242 e. The van der Waals surface area contributed by atoms with Gasteiger partial charge in [-0.2, -0.15) is 0 Å². The molecule has 2 aliphatic heterocycles. The van der Waals surface area contributed by atoms with Crippen LogP contribution in [-0.4, -0.2) is 37.8 Å². The minimum absolute atomic E-state index is 0.195. The molecule has 3 aliphatic rings. The third-order valence-corrected chi connectivity index (χ3v) is 6.67. The predicted octanol–water partition coefficient (Wildman–Crippen LogP) is 5.45. The van der Waals surface area contributed by atoms with E-state index >= 15 is 0 Å². The van der Waals surface area contributed by atoms with E-state index in [9.17, 15) is 9.50 Å². The van der Waals surface area contributed by atoms with Gasteiger partial charge in [-0.1, -0.05) is 18.2 Å². The minimum atomic E-state index is -0.861. The highest BCUT2D eigenvalue weighted by molar-refractivity contribution is 5.58. The number of benzene rings is 2. The number of nitrogens with zero attached hydrogens (tertiary/aromatic N) is 4. The van der Waals surface area contributed by atoms with Crippen molar-refractivity contribution in [2.45, 2.75) is 64.4 Å². The van der Waals surface area contributed by atoms with Crippen LogP contribution >= 0.6 is 0 Å². The molecule has 0 radical (unpaired) electrons. The van der Waals surface area contributed by atoms with Crippen LogP contribution in [0.15, 0.2) is 48.8 Å². The van der Waals surface area contributed by atoms with Crippen molar-refractivity contribution >= 4 is 0 Å². The van der Waals surface area contributed by atoms with Crippen LogP contribution in [0.4, 0.5) is 4.39 Å². The molecule has 2 aromatic rings. The highest BCUT2D eigenvalue weighted by Gasteiger charge is 2.31. The first-order valence-electron chi connectivity index (χ1n) is 12.5. The second-order valence-electron chi connectivity index (χ2n) is 9.85. The summed E-state index contributed by atoms with van der Waals surface area (Å²) in [6, 6.07) is 12.0. The zero-order valence-electron chi connectivity index (χ0n) is 21.3. The Kier molecular flexibility index (Phi) is 6.97. The number of aromatic nitrogens is 4. The third-order valence-electron chi connectivity index (χ3n) is 6.67. The summed E-state index contributed by atoms with van der Waals surface area (Å²) in [6.07, 6.45) is 6.22. The maximum atomic E-state index is 13.2. The molecule has 1 saturated carbocycles. The summed E-state index contributed by atoms with van der Waals surface area (Å²) in [7, 11) is 1.64. The van der Waals surface area contributed by atoms with Crippen molar-refractivity contribution in [3.8, 4) is 28.9 Å². The predicted molar refractivity (Wildman–Crippen MR) is 135 cm³/mol. The lowest BCUT2D eigenvalue weighted by atomic mass is 10.1. The van der Waals surface area contributed by atoms with Gasteiger partial charge in [0.25, 0.3) is 0 Å². The Hall–Kier alpha value is -3.72. The Labute approximate surface area is 215 Å². The molecule has 0 aromatic heterocycles. The minimum Gasteiger partial charge on any atom is -0.493 e. The maximum absolute atomic E-state index is 13.2. The quantitative estimate of drug-likeness (QED) is 0.323. The molecular formula is C28H31FN4O4. The van der Waals surface area contributed by atoms with E-state index < -0.39 is 5.60 Å². The first kappa shape index (κ1) is 25.0. The van der Waals surface area contributed by atoms with Gasteiger partial charge in [0.15, 0.2) is 28.8 Å². The molecule has 37 heavy (non-hydrogen) atoms. The van der Waals surface area contributed by atoms with E-state index in [1.54, 1.807) is 25.6 Å². The van der Waals surface area contributed by atoms with Crippen LogP contribution < -0.4 is 9.47 Å². The highest BCUT2D eigenvalue weighted by Crippen LogP contribution is 2.35. The average molecular weight is 507 g/mol. The lowest BCUT2D eigenvalue weighted by Crippen LogP contribution is -2.23. The fourth-order valence-corrected chi connectivity index (χ4v) is 4.51. The zero-order chi connectivity index (χ0) is 26.0. The lowest BCUT2D eigenvalue weighted by molar-refractivity contribution is -0.0393. The summed E-state index contributed by atoms with van der Waals surface area (Å²) < 4.78 is 32.9. The van der Waals surface area contributed by atoms with Crippen molar-refractivity contribution in [2.75, 3.05) is 7.11 Å². The number of ether oxygens (including phenoxy) is 3. The van der Waals surface area contributed by atoms with Crippen molar-refractivity contribution in [1.29, 1.82) is 0 Å². The Morgan fingerprint density at radius 2 is 1.76 bits per heavy atom. The number of halogens is 1. The molecule has 2 aromatic carbocycles. The van der Waals surface area contributed by atoms with Crippen molar-refractivity contribution in [3.05, 3.63) is 71.6 Å². The fraction of sp³-hybridized carbons (Fsp3) is 0.393. The van der Waals surface area contributed by atoms with Crippen molar-refractivity contribution in [2.24, 2.45) is 0 Å². The normalized spacial score (nSPS) is 14.4. The van der Waals surface area contributed by atoms with Gasteiger partial charge in [-0.05, 0) is 74.9 Å². The lowest BCUT2D eigenvalue weighted by Gasteiger charge is -2.22. The Morgan fingerprint density at radius 3 is 2.49 bits per heavy atom. The van der Waals surface area contributed by atoms with E-state index in [1.807, 2.05) is 36.6 Å². The fourth-order valence-electron chi connectivity index (χ4n) is 4.51. The summed E-state index contributed by atoms with van der Waals surface area (Å²) in [5, 5.41) is 10.4. The SMILES string of the molecule is COc1ccc(Cn2cnc(O)c3nc(C(C)(C)OCc4ccc(F)cc4)nc2-3)cc1OC1CCCC1. The van der Waals surface area contributed by atoms with E-state index in [1.165, 1.54) is 25.0 Å². The number of imidazole rings is 1. The van der Waals surface area contributed by atoms with E-state index in [0.29, 0.717) is 29.6 Å². The zero-order valence-corrected chi connectivity index (χ0v) is 21.3. The molecule has 1 fully saturated rings. The largest absolute Gasteiger partial charge is 0.493 e. The van der Waals surface area contributed by atoms with Crippen molar-refractivity contribution in [3.63, 3.8) is 0 Å². The molecule has 0 atom stereocenters. The van der Waals surface area contributed by atoms with Gasteiger partial charge in [0, 0.05) is 0 Å². The Bertz CT molecular complexity index is 1330. The van der Waals surface area contributed by atoms with Crippen LogP contribution in [0.25, 0.3) is 11.5 Å². The monoisotopic (exact) mass is 506 g/mol. The van der Waals surface area contributed by atoms with E-state index in [0.717, 1.165) is 29.7 Å². The van der Waals surface area contributed by atoms with Crippen molar-refractivity contribution in [1.82, 2.24) is 19.5 Å². The van der Waals surface area contributed by atoms with Crippen molar-refractivity contribution < 1.29 is 23.7 Å². The molecule has 1 N–H and O–H groups in total. The van der Waals surface area contributed by atoms with Gasteiger partial charge in [0.2, 0.25) is 5.88 Å². The molecule has 1 aliphatic carbocycles. The molecule has 8 nitrogen and oxygen atoms in total. The summed E-state index contributed by atoms with van der Waals surface area (Å²) in [6.45, 7) is 4.42. The summed E-state index contributed by atoms with van der Waals surface area (Å²) in [5.74, 6) is 1.84. The molecule has 0 amide bonds. The molecule has 9 heteroatoms. The summed E-state index contributed by atoms with van der Waals surface area (Å²) in [5.41, 5.74) is 1.25. The number of hydrogen-bond acceptors (Lipinski definition) is 7. The van der Waals surface area contributed by atoms with Gasteiger partial charge in [-0.25, -0.2) is 19.3 Å².